The highest BCUT2D eigenvalue weighted by Crippen LogP contribution is 2.25. The summed E-state index contributed by atoms with van der Waals surface area (Å²) in [5.41, 5.74) is 1.56. The lowest BCUT2D eigenvalue weighted by Gasteiger charge is -2.08. The van der Waals surface area contributed by atoms with E-state index in [0.29, 0.717) is 28.8 Å². The molecule has 0 saturated carbocycles. The van der Waals surface area contributed by atoms with Gasteiger partial charge in [0.2, 0.25) is 5.91 Å². The highest BCUT2D eigenvalue weighted by Gasteiger charge is 2.10. The van der Waals surface area contributed by atoms with Gasteiger partial charge in [0, 0.05) is 17.9 Å². The van der Waals surface area contributed by atoms with Crippen molar-refractivity contribution in [1.82, 2.24) is 0 Å². The molecule has 1 amide bonds. The lowest BCUT2D eigenvalue weighted by atomic mass is 10.2. The summed E-state index contributed by atoms with van der Waals surface area (Å²) in [7, 11) is 0. The number of hydrogen-bond donors (Lipinski definition) is 1. The molecule has 0 heterocycles. The molecule has 0 bridgehead atoms. The molecule has 2 aromatic carbocycles. The number of anilines is 1. The summed E-state index contributed by atoms with van der Waals surface area (Å²) in [5, 5.41) is 3.47. The van der Waals surface area contributed by atoms with Crippen molar-refractivity contribution in [2.45, 2.75) is 19.3 Å². The molecule has 0 saturated heterocycles. The van der Waals surface area contributed by atoms with E-state index in [4.69, 9.17) is 27.9 Å². The first-order valence-electron chi connectivity index (χ1n) is 7.49. The molecule has 0 aromatic heterocycles. The predicted octanol–water partition coefficient (Wildman–Crippen LogP) is 4.50. The molecule has 1 N–H and O–H groups in total. The molecule has 24 heavy (non-hydrogen) atoms. The Morgan fingerprint density at radius 2 is 1.75 bits per heavy atom. The van der Waals surface area contributed by atoms with E-state index in [2.05, 4.69) is 5.32 Å². The molecule has 0 radical (unpaired) electrons. The van der Waals surface area contributed by atoms with Crippen LogP contribution in [0, 0.1) is 0 Å². The second kappa shape index (κ2) is 9.30. The number of rotatable bonds is 7. The Hall–Kier alpha value is -2.04. The van der Waals surface area contributed by atoms with Crippen molar-refractivity contribution in [3.8, 4) is 0 Å². The van der Waals surface area contributed by atoms with E-state index in [1.165, 1.54) is 6.07 Å². The Kier molecular flexibility index (Phi) is 7.09. The lowest BCUT2D eigenvalue weighted by Crippen LogP contribution is -2.15. The van der Waals surface area contributed by atoms with Gasteiger partial charge in [-0.05, 0) is 23.8 Å². The van der Waals surface area contributed by atoms with Crippen molar-refractivity contribution >= 4 is 40.8 Å². The monoisotopic (exact) mass is 365 g/mol. The molecule has 0 spiro atoms. The van der Waals surface area contributed by atoms with Crippen LogP contribution in [0.2, 0.25) is 10.0 Å². The number of amides is 1. The largest absolute Gasteiger partial charge is 0.465 e. The van der Waals surface area contributed by atoms with E-state index in [1.54, 1.807) is 12.1 Å². The van der Waals surface area contributed by atoms with Crippen LogP contribution in [-0.4, -0.2) is 18.5 Å². The van der Waals surface area contributed by atoms with Crippen molar-refractivity contribution < 1.29 is 14.3 Å². The van der Waals surface area contributed by atoms with Gasteiger partial charge in [0.15, 0.2) is 0 Å². The number of hydrogen-bond acceptors (Lipinski definition) is 3. The van der Waals surface area contributed by atoms with Gasteiger partial charge in [-0.15, -0.1) is 0 Å². The van der Waals surface area contributed by atoms with Gasteiger partial charge < -0.3 is 10.1 Å². The molecule has 0 aliphatic rings. The van der Waals surface area contributed by atoms with E-state index >= 15 is 0 Å². The fourth-order valence-corrected chi connectivity index (χ4v) is 2.47. The van der Waals surface area contributed by atoms with Gasteiger partial charge in [-0.3, -0.25) is 9.59 Å². The number of carbonyl (C=O) groups is 2. The van der Waals surface area contributed by atoms with Crippen LogP contribution in [0.5, 0.6) is 0 Å². The Morgan fingerprint density at radius 1 is 1.00 bits per heavy atom. The van der Waals surface area contributed by atoms with E-state index in [1.807, 2.05) is 30.3 Å². The van der Waals surface area contributed by atoms with Crippen LogP contribution in [0.4, 0.5) is 5.69 Å². The fourth-order valence-electron chi connectivity index (χ4n) is 2.02. The average Bonchev–Trinajstić information content (AvgIpc) is 2.56. The smallest absolute Gasteiger partial charge is 0.306 e. The van der Waals surface area contributed by atoms with Crippen molar-refractivity contribution in [1.29, 1.82) is 0 Å². The molecule has 4 nitrogen and oxygen atoms in total. The molecule has 0 atom stereocenters. The van der Waals surface area contributed by atoms with Crippen LogP contribution in [0.3, 0.4) is 0 Å². The maximum absolute atomic E-state index is 11.8. The van der Waals surface area contributed by atoms with Crippen molar-refractivity contribution in [2.24, 2.45) is 0 Å². The lowest BCUT2D eigenvalue weighted by molar-refractivity contribution is -0.144. The third-order valence-corrected chi connectivity index (χ3v) is 3.81. The number of nitrogens with one attached hydrogen (secondary N) is 1. The Labute approximate surface area is 150 Å². The number of ether oxygens (including phenoxy) is 1. The second-order valence-electron chi connectivity index (χ2n) is 5.13. The summed E-state index contributed by atoms with van der Waals surface area (Å²) >= 11 is 11.8. The predicted molar refractivity (Wildman–Crippen MR) is 95.4 cm³/mol. The molecular formula is C18H17Cl2NO3. The zero-order chi connectivity index (χ0) is 17.4. The molecule has 2 rings (SSSR count). The molecule has 126 valence electrons. The van der Waals surface area contributed by atoms with Gasteiger partial charge in [-0.2, -0.15) is 0 Å². The summed E-state index contributed by atoms with van der Waals surface area (Å²) in [4.78, 5) is 23.5. The zero-order valence-electron chi connectivity index (χ0n) is 12.9. The Morgan fingerprint density at radius 3 is 2.46 bits per heavy atom. The minimum Gasteiger partial charge on any atom is -0.465 e. The van der Waals surface area contributed by atoms with Crippen LogP contribution < -0.4 is 5.32 Å². The molecule has 0 aliphatic heterocycles. The summed E-state index contributed by atoms with van der Waals surface area (Å²) < 4.78 is 5.12. The van der Waals surface area contributed by atoms with Gasteiger partial charge in [0.05, 0.1) is 23.7 Å². The average molecular weight is 366 g/mol. The molecule has 0 fully saturated rings. The molecule has 6 heteroatoms. The van der Waals surface area contributed by atoms with Crippen LogP contribution in [0.1, 0.15) is 18.4 Å². The van der Waals surface area contributed by atoms with Crippen molar-refractivity contribution in [3.63, 3.8) is 0 Å². The van der Waals surface area contributed by atoms with Crippen molar-refractivity contribution in [3.05, 3.63) is 64.1 Å². The van der Waals surface area contributed by atoms with E-state index in [9.17, 15) is 9.59 Å². The third-order valence-electron chi connectivity index (χ3n) is 3.26. The maximum Gasteiger partial charge on any atom is 0.306 e. The van der Waals surface area contributed by atoms with Gasteiger partial charge >= 0.3 is 5.97 Å². The van der Waals surface area contributed by atoms with E-state index in [-0.39, 0.29) is 18.7 Å². The zero-order valence-corrected chi connectivity index (χ0v) is 14.4. The summed E-state index contributed by atoms with van der Waals surface area (Å²) in [6, 6.07) is 14.5. The van der Waals surface area contributed by atoms with Gasteiger partial charge in [-0.1, -0.05) is 53.5 Å². The topological polar surface area (TPSA) is 55.4 Å². The maximum atomic E-state index is 11.8. The fraction of sp³-hybridized carbons (Fsp3) is 0.222. The molecule has 2 aromatic rings. The van der Waals surface area contributed by atoms with Gasteiger partial charge in [0.25, 0.3) is 0 Å². The summed E-state index contributed by atoms with van der Waals surface area (Å²) in [6.45, 7) is 0.299. The van der Waals surface area contributed by atoms with Crippen LogP contribution in [-0.2, 0) is 20.7 Å². The van der Waals surface area contributed by atoms with Crippen LogP contribution >= 0.6 is 23.2 Å². The summed E-state index contributed by atoms with van der Waals surface area (Å²) in [5.74, 6) is -0.706. The summed E-state index contributed by atoms with van der Waals surface area (Å²) in [6.07, 6.45) is 0.702. The normalized spacial score (nSPS) is 10.2. The highest BCUT2D eigenvalue weighted by molar-refractivity contribution is 6.36. The number of benzene rings is 2. The van der Waals surface area contributed by atoms with Gasteiger partial charge in [0.1, 0.15) is 0 Å². The number of carbonyl (C=O) groups excluding carboxylic acids is 2. The molecule has 0 aliphatic carbocycles. The highest BCUT2D eigenvalue weighted by atomic mass is 35.5. The van der Waals surface area contributed by atoms with Crippen LogP contribution in [0.15, 0.2) is 48.5 Å². The number of esters is 1. The quantitative estimate of drug-likeness (QED) is 0.735. The van der Waals surface area contributed by atoms with E-state index in [0.717, 1.165) is 5.56 Å². The Bertz CT molecular complexity index is 705. The standard InChI is InChI=1S/C18H17Cl2NO3/c19-14-6-7-16(15(20)12-14)21-17(22)8-9-18(23)24-11-10-13-4-2-1-3-5-13/h1-7,12H,8-11H2,(H,21,22). The second-order valence-corrected chi connectivity index (χ2v) is 5.97. The third kappa shape index (κ3) is 6.22. The minimum absolute atomic E-state index is 0.0197. The van der Waals surface area contributed by atoms with Crippen LogP contribution in [0.25, 0.3) is 0 Å². The Balaban J connectivity index is 1.68. The first-order valence-corrected chi connectivity index (χ1v) is 8.24. The molecular weight excluding hydrogens is 349 g/mol. The van der Waals surface area contributed by atoms with E-state index < -0.39 is 5.97 Å². The van der Waals surface area contributed by atoms with Crippen molar-refractivity contribution in [2.75, 3.05) is 11.9 Å². The molecule has 0 unspecified atom stereocenters. The SMILES string of the molecule is O=C(CCC(=O)OCCc1ccccc1)Nc1ccc(Cl)cc1Cl. The number of halogens is 2. The first kappa shape index (κ1) is 18.3. The van der Waals surface area contributed by atoms with Gasteiger partial charge in [-0.25, -0.2) is 0 Å². The first-order chi connectivity index (χ1) is 11.5. The minimum atomic E-state index is -0.400.